The average molecular weight is 383 g/mol. The van der Waals surface area contributed by atoms with Crippen molar-refractivity contribution in [3.05, 3.63) is 54.1 Å². The zero-order valence-corrected chi connectivity index (χ0v) is 17.1. The maximum absolute atomic E-state index is 12.8. The van der Waals surface area contributed by atoms with E-state index in [1.54, 1.807) is 14.2 Å². The molecular formula is C22H29N3O3. The van der Waals surface area contributed by atoms with Crippen LogP contribution in [0.2, 0.25) is 0 Å². The van der Waals surface area contributed by atoms with Crippen LogP contribution < -0.4 is 19.7 Å². The zero-order chi connectivity index (χ0) is 20.1. The summed E-state index contributed by atoms with van der Waals surface area (Å²) >= 11 is 0. The van der Waals surface area contributed by atoms with Gasteiger partial charge in [-0.2, -0.15) is 0 Å². The van der Waals surface area contributed by atoms with Crippen LogP contribution in [0, 0.1) is 0 Å². The van der Waals surface area contributed by atoms with Crippen LogP contribution in [0.15, 0.2) is 48.5 Å². The Morgan fingerprint density at radius 3 is 1.86 bits per heavy atom. The summed E-state index contributed by atoms with van der Waals surface area (Å²) in [7, 11) is 3.31. The lowest BCUT2D eigenvalue weighted by Crippen LogP contribution is -2.55. The molecule has 28 heavy (non-hydrogen) atoms. The number of hydrogen-bond acceptors (Lipinski definition) is 4. The molecule has 2 amide bonds. The fourth-order valence-corrected chi connectivity index (χ4v) is 3.39. The molecule has 1 fully saturated rings. The maximum Gasteiger partial charge on any atom is 0.318 e. The first-order valence-electron chi connectivity index (χ1n) is 9.53. The first kappa shape index (κ1) is 19.9. The molecule has 2 aromatic carbocycles. The molecule has 1 aliphatic heterocycles. The Balaban J connectivity index is 1.56. The molecule has 0 saturated carbocycles. The lowest BCUT2D eigenvalue weighted by molar-refractivity contribution is 0.183. The van der Waals surface area contributed by atoms with E-state index in [0.29, 0.717) is 13.1 Å². The van der Waals surface area contributed by atoms with Crippen molar-refractivity contribution in [1.29, 1.82) is 0 Å². The van der Waals surface area contributed by atoms with Gasteiger partial charge in [0, 0.05) is 31.9 Å². The molecule has 0 bridgehead atoms. The number of carbonyl (C=O) groups excluding carboxylic acids is 1. The minimum absolute atomic E-state index is 0.0322. The smallest absolute Gasteiger partial charge is 0.318 e. The number of ether oxygens (including phenoxy) is 2. The highest BCUT2D eigenvalue weighted by molar-refractivity contribution is 5.75. The Kier molecular flexibility index (Phi) is 5.97. The van der Waals surface area contributed by atoms with Gasteiger partial charge in [0.15, 0.2) is 0 Å². The minimum Gasteiger partial charge on any atom is -0.497 e. The van der Waals surface area contributed by atoms with E-state index >= 15 is 0 Å². The predicted molar refractivity (Wildman–Crippen MR) is 111 cm³/mol. The van der Waals surface area contributed by atoms with Crippen molar-refractivity contribution in [1.82, 2.24) is 10.2 Å². The highest BCUT2D eigenvalue weighted by atomic mass is 16.5. The highest BCUT2D eigenvalue weighted by Crippen LogP contribution is 2.24. The quantitative estimate of drug-likeness (QED) is 0.859. The summed E-state index contributed by atoms with van der Waals surface area (Å²) in [5.41, 5.74) is 1.73. The van der Waals surface area contributed by atoms with Crippen molar-refractivity contribution in [3.8, 4) is 11.5 Å². The van der Waals surface area contributed by atoms with E-state index in [1.165, 1.54) is 0 Å². The molecular weight excluding hydrogens is 354 g/mol. The van der Waals surface area contributed by atoms with E-state index in [0.717, 1.165) is 35.8 Å². The van der Waals surface area contributed by atoms with Crippen molar-refractivity contribution in [2.24, 2.45) is 0 Å². The highest BCUT2D eigenvalue weighted by Gasteiger charge is 2.28. The van der Waals surface area contributed by atoms with Gasteiger partial charge in [-0.3, -0.25) is 0 Å². The molecule has 0 atom stereocenters. The van der Waals surface area contributed by atoms with E-state index in [1.807, 2.05) is 55.1 Å². The topological polar surface area (TPSA) is 54.0 Å². The summed E-state index contributed by atoms with van der Waals surface area (Å²) in [5.74, 6) is 1.66. The van der Waals surface area contributed by atoms with Crippen molar-refractivity contribution < 1.29 is 14.3 Å². The van der Waals surface area contributed by atoms with Crippen LogP contribution in [-0.4, -0.2) is 51.3 Å². The molecule has 150 valence electrons. The summed E-state index contributed by atoms with van der Waals surface area (Å²) in [6.07, 6.45) is 0. The molecule has 0 aromatic heterocycles. The van der Waals surface area contributed by atoms with Crippen LogP contribution in [0.4, 0.5) is 10.5 Å². The van der Waals surface area contributed by atoms with Gasteiger partial charge in [-0.05, 0) is 55.8 Å². The van der Waals surface area contributed by atoms with Gasteiger partial charge in [-0.1, -0.05) is 12.1 Å². The molecule has 1 heterocycles. The molecule has 0 aliphatic carbocycles. The van der Waals surface area contributed by atoms with E-state index in [4.69, 9.17) is 9.47 Å². The summed E-state index contributed by atoms with van der Waals surface area (Å²) in [4.78, 5) is 17.0. The summed E-state index contributed by atoms with van der Waals surface area (Å²) in [5, 5.41) is 3.16. The Hall–Kier alpha value is -2.89. The third-order valence-electron chi connectivity index (χ3n) is 5.24. The number of urea groups is 1. The van der Waals surface area contributed by atoms with Crippen molar-refractivity contribution in [3.63, 3.8) is 0 Å². The van der Waals surface area contributed by atoms with Gasteiger partial charge in [-0.25, -0.2) is 4.79 Å². The molecule has 0 unspecified atom stereocenters. The number of benzene rings is 2. The third kappa shape index (κ3) is 4.50. The Bertz CT molecular complexity index is 780. The van der Waals surface area contributed by atoms with Gasteiger partial charge in [-0.15, -0.1) is 0 Å². The molecule has 6 nitrogen and oxygen atoms in total. The number of nitrogens with zero attached hydrogens (tertiary/aromatic N) is 2. The van der Waals surface area contributed by atoms with Crippen LogP contribution in [0.1, 0.15) is 19.4 Å². The molecule has 6 heteroatoms. The average Bonchev–Trinajstić information content (AvgIpc) is 2.73. The predicted octanol–water partition coefficient (Wildman–Crippen LogP) is 3.47. The van der Waals surface area contributed by atoms with E-state index in [2.05, 4.69) is 22.3 Å². The van der Waals surface area contributed by atoms with Gasteiger partial charge in [0.2, 0.25) is 0 Å². The van der Waals surface area contributed by atoms with Crippen LogP contribution in [0.25, 0.3) is 0 Å². The first-order valence-corrected chi connectivity index (χ1v) is 9.53. The van der Waals surface area contributed by atoms with Gasteiger partial charge >= 0.3 is 6.03 Å². The number of hydrogen-bond donors (Lipinski definition) is 1. The Morgan fingerprint density at radius 2 is 1.36 bits per heavy atom. The number of anilines is 1. The van der Waals surface area contributed by atoms with E-state index in [9.17, 15) is 4.79 Å². The first-order chi connectivity index (χ1) is 13.4. The fourth-order valence-electron chi connectivity index (χ4n) is 3.39. The second kappa shape index (κ2) is 8.42. The molecule has 1 saturated heterocycles. The number of amides is 2. The second-order valence-corrected chi connectivity index (χ2v) is 7.46. The zero-order valence-electron chi connectivity index (χ0n) is 17.1. The van der Waals surface area contributed by atoms with Crippen molar-refractivity contribution in [2.75, 3.05) is 45.3 Å². The van der Waals surface area contributed by atoms with Gasteiger partial charge in [0.1, 0.15) is 11.5 Å². The van der Waals surface area contributed by atoms with Crippen molar-refractivity contribution >= 4 is 11.7 Å². The lowest BCUT2D eigenvalue weighted by Gasteiger charge is -2.38. The molecule has 1 N–H and O–H groups in total. The molecule has 3 rings (SSSR count). The van der Waals surface area contributed by atoms with Gasteiger partial charge < -0.3 is 24.6 Å². The monoisotopic (exact) mass is 383 g/mol. The standard InChI is InChI=1S/C22H29N3O3/c1-22(2,17-5-9-19(27-3)10-6-17)23-21(26)25-15-13-24(14-16-25)18-7-11-20(28-4)12-8-18/h5-12H,13-16H2,1-4H3,(H,23,26). The van der Waals surface area contributed by atoms with E-state index in [-0.39, 0.29) is 6.03 Å². The van der Waals surface area contributed by atoms with Gasteiger partial charge in [0.05, 0.1) is 19.8 Å². The number of carbonyl (C=O) groups is 1. The number of piperazine rings is 1. The number of methoxy groups -OCH3 is 2. The second-order valence-electron chi connectivity index (χ2n) is 7.46. The van der Waals surface area contributed by atoms with Crippen molar-refractivity contribution in [2.45, 2.75) is 19.4 Å². The van der Waals surface area contributed by atoms with E-state index < -0.39 is 5.54 Å². The largest absolute Gasteiger partial charge is 0.497 e. The van der Waals surface area contributed by atoms with Crippen LogP contribution in [0.5, 0.6) is 11.5 Å². The lowest BCUT2D eigenvalue weighted by atomic mass is 9.94. The van der Waals surface area contributed by atoms with Crippen LogP contribution in [0.3, 0.4) is 0 Å². The van der Waals surface area contributed by atoms with Crippen LogP contribution >= 0.6 is 0 Å². The van der Waals surface area contributed by atoms with Crippen LogP contribution in [-0.2, 0) is 5.54 Å². The third-order valence-corrected chi connectivity index (χ3v) is 5.24. The summed E-state index contributed by atoms with van der Waals surface area (Å²) in [6.45, 7) is 7.03. The summed E-state index contributed by atoms with van der Waals surface area (Å²) in [6, 6.07) is 15.8. The molecule has 0 radical (unpaired) electrons. The molecule has 1 aliphatic rings. The summed E-state index contributed by atoms with van der Waals surface area (Å²) < 4.78 is 10.4. The fraction of sp³-hybridized carbons (Fsp3) is 0.409. The maximum atomic E-state index is 12.8. The normalized spacial score (nSPS) is 14.6. The number of rotatable bonds is 5. The Morgan fingerprint density at radius 1 is 0.857 bits per heavy atom. The minimum atomic E-state index is -0.462. The molecule has 0 spiro atoms. The number of nitrogens with one attached hydrogen (secondary N) is 1. The SMILES string of the molecule is COc1ccc(N2CCN(C(=O)NC(C)(C)c3ccc(OC)cc3)CC2)cc1. The molecule has 2 aromatic rings. The Labute approximate surface area is 167 Å². The van der Waals surface area contributed by atoms with Gasteiger partial charge in [0.25, 0.3) is 0 Å².